The van der Waals surface area contributed by atoms with Crippen LogP contribution in [0.25, 0.3) is 0 Å². The highest BCUT2D eigenvalue weighted by Gasteiger charge is 2.42. The quantitative estimate of drug-likeness (QED) is 0.625. The molecule has 0 radical (unpaired) electrons. The van der Waals surface area contributed by atoms with Gasteiger partial charge in [0, 0.05) is 5.69 Å². The molecule has 2 aromatic carbocycles. The van der Waals surface area contributed by atoms with Gasteiger partial charge in [0.1, 0.15) is 13.2 Å². The van der Waals surface area contributed by atoms with Crippen molar-refractivity contribution in [2.75, 3.05) is 31.6 Å². The SMILES string of the molecule is CC[NH+](CC)CCOC(=O)c1ccc(NC(=O)C2(c3ccccc3)CCCC2)cc1. The van der Waals surface area contributed by atoms with Gasteiger partial charge in [-0.3, -0.25) is 4.79 Å². The highest BCUT2D eigenvalue weighted by atomic mass is 16.5. The minimum Gasteiger partial charge on any atom is -0.456 e. The molecule has 0 spiro atoms. The molecule has 0 bridgehead atoms. The minimum atomic E-state index is -0.467. The summed E-state index contributed by atoms with van der Waals surface area (Å²) in [6.07, 6.45) is 3.84. The second-order valence-corrected chi connectivity index (χ2v) is 8.03. The van der Waals surface area contributed by atoms with E-state index < -0.39 is 5.41 Å². The third-order valence-electron chi connectivity index (χ3n) is 6.29. The molecule has 1 aliphatic carbocycles. The molecule has 0 heterocycles. The van der Waals surface area contributed by atoms with Crippen molar-refractivity contribution in [3.05, 3.63) is 65.7 Å². The second kappa shape index (κ2) is 10.4. The minimum absolute atomic E-state index is 0.0312. The molecule has 0 aromatic heterocycles. The maximum atomic E-state index is 13.2. The summed E-state index contributed by atoms with van der Waals surface area (Å²) < 4.78 is 5.39. The van der Waals surface area contributed by atoms with Gasteiger partial charge >= 0.3 is 5.97 Å². The Labute approximate surface area is 179 Å². The average molecular weight is 410 g/mol. The number of amides is 1. The van der Waals surface area contributed by atoms with Gasteiger partial charge < -0.3 is 15.0 Å². The fourth-order valence-electron chi connectivity index (χ4n) is 4.30. The zero-order chi connectivity index (χ0) is 21.4. The van der Waals surface area contributed by atoms with E-state index in [1.807, 2.05) is 30.3 Å². The van der Waals surface area contributed by atoms with Crippen LogP contribution in [-0.4, -0.2) is 38.1 Å². The van der Waals surface area contributed by atoms with E-state index in [-0.39, 0.29) is 11.9 Å². The first-order valence-corrected chi connectivity index (χ1v) is 11.1. The molecule has 0 atom stereocenters. The molecule has 1 fully saturated rings. The van der Waals surface area contributed by atoms with Crippen LogP contribution in [0.1, 0.15) is 55.5 Å². The molecule has 160 valence electrons. The standard InChI is InChI=1S/C25H32N2O3/c1-3-27(4-2)18-19-30-23(28)20-12-14-22(15-13-20)26-24(29)25(16-8-9-17-25)21-10-6-5-7-11-21/h5-7,10-15H,3-4,8-9,16-19H2,1-2H3,(H,26,29)/p+1. The van der Waals surface area contributed by atoms with E-state index in [2.05, 4.69) is 19.2 Å². The van der Waals surface area contributed by atoms with Gasteiger partial charge in [-0.1, -0.05) is 43.2 Å². The zero-order valence-electron chi connectivity index (χ0n) is 18.1. The van der Waals surface area contributed by atoms with Crippen LogP contribution in [0.4, 0.5) is 5.69 Å². The van der Waals surface area contributed by atoms with Gasteiger partial charge in [-0.05, 0) is 56.5 Å². The summed E-state index contributed by atoms with van der Waals surface area (Å²) in [6.45, 7) is 7.52. The summed E-state index contributed by atoms with van der Waals surface area (Å²) in [5.41, 5.74) is 1.81. The van der Waals surface area contributed by atoms with Gasteiger partial charge in [0.2, 0.25) is 5.91 Å². The number of hydrogen-bond acceptors (Lipinski definition) is 3. The summed E-state index contributed by atoms with van der Waals surface area (Å²) in [4.78, 5) is 26.9. The van der Waals surface area contributed by atoms with Gasteiger partial charge in [-0.25, -0.2) is 4.79 Å². The lowest BCUT2D eigenvalue weighted by molar-refractivity contribution is -0.896. The van der Waals surface area contributed by atoms with E-state index in [1.54, 1.807) is 24.3 Å². The highest BCUT2D eigenvalue weighted by Crippen LogP contribution is 2.42. The number of likely N-dealkylation sites (N-methyl/N-ethyl adjacent to an activating group) is 1. The van der Waals surface area contributed by atoms with E-state index in [9.17, 15) is 9.59 Å². The highest BCUT2D eigenvalue weighted by molar-refractivity contribution is 6.00. The molecule has 5 nitrogen and oxygen atoms in total. The van der Waals surface area contributed by atoms with Gasteiger partial charge in [0.15, 0.2) is 0 Å². The van der Waals surface area contributed by atoms with Crippen LogP contribution in [0.5, 0.6) is 0 Å². The Hall–Kier alpha value is -2.66. The van der Waals surface area contributed by atoms with Gasteiger partial charge in [0.25, 0.3) is 0 Å². The predicted octanol–water partition coefficient (Wildman–Crippen LogP) is 3.22. The number of nitrogens with one attached hydrogen (secondary N) is 2. The van der Waals surface area contributed by atoms with Crippen molar-refractivity contribution in [2.24, 2.45) is 0 Å². The number of rotatable bonds is 9. The molecule has 3 rings (SSSR count). The van der Waals surface area contributed by atoms with Crippen LogP contribution in [0.3, 0.4) is 0 Å². The molecule has 1 amide bonds. The number of anilines is 1. The van der Waals surface area contributed by atoms with E-state index in [0.29, 0.717) is 17.9 Å². The van der Waals surface area contributed by atoms with Gasteiger partial charge in [-0.15, -0.1) is 0 Å². The third kappa shape index (κ3) is 5.08. The largest absolute Gasteiger partial charge is 0.456 e. The molecule has 30 heavy (non-hydrogen) atoms. The Balaban J connectivity index is 1.61. The number of carbonyl (C=O) groups excluding carboxylic acids is 2. The molecule has 5 heteroatoms. The first kappa shape index (κ1) is 22.0. The smallest absolute Gasteiger partial charge is 0.338 e. The summed E-state index contributed by atoms with van der Waals surface area (Å²) in [7, 11) is 0. The van der Waals surface area contributed by atoms with Gasteiger partial charge in [0.05, 0.1) is 24.1 Å². The maximum absolute atomic E-state index is 13.2. The van der Waals surface area contributed by atoms with Crippen molar-refractivity contribution in [2.45, 2.75) is 44.9 Å². The number of esters is 1. The van der Waals surface area contributed by atoms with E-state index in [1.165, 1.54) is 4.90 Å². The number of benzene rings is 2. The first-order chi connectivity index (χ1) is 14.6. The van der Waals surface area contributed by atoms with Crippen LogP contribution < -0.4 is 10.2 Å². The monoisotopic (exact) mass is 409 g/mol. The number of hydrogen-bond donors (Lipinski definition) is 2. The van der Waals surface area contributed by atoms with Crippen molar-refractivity contribution in [1.29, 1.82) is 0 Å². The summed E-state index contributed by atoms with van der Waals surface area (Å²) in [5, 5.41) is 3.07. The number of quaternary nitrogens is 1. The molecule has 1 aliphatic rings. The Morgan fingerprint density at radius 1 is 0.967 bits per heavy atom. The topological polar surface area (TPSA) is 59.8 Å². The molecule has 0 saturated heterocycles. The molecular formula is C25H33N2O3+. The van der Waals surface area contributed by atoms with Crippen LogP contribution in [-0.2, 0) is 14.9 Å². The van der Waals surface area contributed by atoms with Gasteiger partial charge in [-0.2, -0.15) is 0 Å². The Kier molecular flexibility index (Phi) is 7.63. The third-order valence-corrected chi connectivity index (χ3v) is 6.29. The average Bonchev–Trinajstić information content (AvgIpc) is 3.29. The fraction of sp³-hybridized carbons (Fsp3) is 0.440. The lowest BCUT2D eigenvalue weighted by Crippen LogP contribution is -3.11. The normalized spacial score (nSPS) is 15.2. The molecule has 2 aromatic rings. The summed E-state index contributed by atoms with van der Waals surface area (Å²) in [6, 6.07) is 17.0. The molecule has 0 aliphatic heterocycles. The summed E-state index contributed by atoms with van der Waals surface area (Å²) >= 11 is 0. The van der Waals surface area contributed by atoms with Crippen molar-refractivity contribution >= 4 is 17.6 Å². The van der Waals surface area contributed by atoms with E-state index in [0.717, 1.165) is 50.9 Å². The first-order valence-electron chi connectivity index (χ1n) is 11.1. The van der Waals surface area contributed by atoms with Crippen LogP contribution in [0, 0.1) is 0 Å². The van der Waals surface area contributed by atoms with Crippen molar-refractivity contribution in [3.8, 4) is 0 Å². The van der Waals surface area contributed by atoms with Crippen LogP contribution in [0.2, 0.25) is 0 Å². The Morgan fingerprint density at radius 2 is 1.60 bits per heavy atom. The maximum Gasteiger partial charge on any atom is 0.338 e. The van der Waals surface area contributed by atoms with Crippen molar-refractivity contribution in [1.82, 2.24) is 0 Å². The Morgan fingerprint density at radius 3 is 2.20 bits per heavy atom. The van der Waals surface area contributed by atoms with Crippen molar-refractivity contribution < 1.29 is 19.2 Å². The van der Waals surface area contributed by atoms with E-state index in [4.69, 9.17) is 4.74 Å². The van der Waals surface area contributed by atoms with Crippen molar-refractivity contribution in [3.63, 3.8) is 0 Å². The fourth-order valence-corrected chi connectivity index (χ4v) is 4.30. The molecule has 1 saturated carbocycles. The second-order valence-electron chi connectivity index (χ2n) is 8.03. The van der Waals surface area contributed by atoms with Crippen LogP contribution >= 0.6 is 0 Å². The molecule has 2 N–H and O–H groups in total. The zero-order valence-corrected chi connectivity index (χ0v) is 18.1. The van der Waals surface area contributed by atoms with Crippen LogP contribution in [0.15, 0.2) is 54.6 Å². The predicted molar refractivity (Wildman–Crippen MR) is 119 cm³/mol. The number of carbonyl (C=O) groups is 2. The number of ether oxygens (including phenoxy) is 1. The molecular weight excluding hydrogens is 376 g/mol. The lowest BCUT2D eigenvalue weighted by Gasteiger charge is -2.28. The molecule has 0 unspecified atom stereocenters. The summed E-state index contributed by atoms with van der Waals surface area (Å²) in [5.74, 6) is -0.292. The Bertz CT molecular complexity index is 823. The lowest BCUT2D eigenvalue weighted by atomic mass is 9.78. The van der Waals surface area contributed by atoms with E-state index >= 15 is 0 Å².